The zero-order valence-corrected chi connectivity index (χ0v) is 56.2. The second kappa shape index (κ2) is 62.7. The van der Waals surface area contributed by atoms with Crippen LogP contribution in [0, 0.1) is 0 Å². The van der Waals surface area contributed by atoms with Gasteiger partial charge in [-0.2, -0.15) is 0 Å². The summed E-state index contributed by atoms with van der Waals surface area (Å²) in [5.74, 6) is -0.556. The van der Waals surface area contributed by atoms with Crippen LogP contribution in [0.25, 0.3) is 0 Å². The Morgan fingerprint density at radius 3 is 1.17 bits per heavy atom. The number of quaternary nitrogens is 1. The number of nitrogens with zero attached hydrogens (tertiary/aromatic N) is 1. The van der Waals surface area contributed by atoms with Crippen molar-refractivity contribution in [3.8, 4) is 0 Å². The van der Waals surface area contributed by atoms with E-state index >= 15 is 0 Å². The van der Waals surface area contributed by atoms with Gasteiger partial charge in [0.25, 0.3) is 7.82 Å². The lowest BCUT2D eigenvalue weighted by molar-refractivity contribution is -0.870. The van der Waals surface area contributed by atoms with Crippen LogP contribution in [0.15, 0.2) is 109 Å². The summed E-state index contributed by atoms with van der Waals surface area (Å²) >= 11 is 0. The zero-order valence-electron chi connectivity index (χ0n) is 55.3. The summed E-state index contributed by atoms with van der Waals surface area (Å²) in [5.41, 5.74) is 0. The highest BCUT2D eigenvalue weighted by Crippen LogP contribution is 2.38. The van der Waals surface area contributed by atoms with Crippen molar-refractivity contribution < 1.29 is 37.3 Å². The van der Waals surface area contributed by atoms with Crippen LogP contribution in [0.2, 0.25) is 0 Å². The summed E-state index contributed by atoms with van der Waals surface area (Å²) in [6.07, 6.45) is 86.3. The maximum atomic E-state index is 13.6. The van der Waals surface area contributed by atoms with E-state index in [1.54, 1.807) is 0 Å². The van der Waals surface area contributed by atoms with E-state index < -0.39 is 26.6 Å². The van der Waals surface area contributed by atoms with Gasteiger partial charge in [-0.05, 0) is 115 Å². The number of likely N-dealkylation sites (N-methyl/N-ethyl adjacent to an activating group) is 1. The summed E-state index contributed by atoms with van der Waals surface area (Å²) < 4.78 is 30.4. The summed E-state index contributed by atoms with van der Waals surface area (Å²) in [6.45, 7) is 6.70. The first-order chi connectivity index (χ1) is 40.9. The standard InChI is InChI=1S/C74H131N2O7P/c1-7-10-13-16-19-22-25-28-30-32-34-36-37-38-39-41-43-45-47-49-52-55-58-61-64-67-74(78)83-72(65-62-59-56-53-50-27-24-21-18-15-12-9-3)71(70-82-84(79,80)81-69-68-76(4,5)6)75-73(77)66-63-60-57-54-51-48-46-44-42-40-35-33-31-29-26-23-20-17-14-11-8-2/h10,13,19-20,22-23,28-31,34-36,38-40,62,65,71-72H,7-9,11-12,14-18,21,24-27,32-33,37,41-61,63-64,66-70H2,1-6H3,(H-,75,77,79,80)/b13-10-,22-19-,23-20-,30-28-,31-29-,36-34-,39-38-,40-35-,65-62+. The largest absolute Gasteiger partial charge is 0.756 e. The van der Waals surface area contributed by atoms with Gasteiger partial charge in [0.05, 0.1) is 33.8 Å². The molecule has 0 heterocycles. The van der Waals surface area contributed by atoms with Gasteiger partial charge in [0, 0.05) is 12.8 Å². The van der Waals surface area contributed by atoms with Crippen LogP contribution in [0.4, 0.5) is 0 Å². The monoisotopic (exact) mass is 1190 g/mol. The van der Waals surface area contributed by atoms with Crippen LogP contribution < -0.4 is 10.2 Å². The highest BCUT2D eigenvalue weighted by molar-refractivity contribution is 7.45. The molecule has 84 heavy (non-hydrogen) atoms. The minimum absolute atomic E-state index is 0.0296. The Morgan fingerprint density at radius 1 is 0.429 bits per heavy atom. The molecule has 0 aromatic carbocycles. The first kappa shape index (κ1) is 80.7. The van der Waals surface area contributed by atoms with E-state index in [-0.39, 0.29) is 24.9 Å². The van der Waals surface area contributed by atoms with Crippen molar-refractivity contribution in [2.45, 2.75) is 309 Å². The average molecular weight is 1190 g/mol. The molecule has 0 aromatic heterocycles. The number of carbonyl (C=O) groups is 2. The number of hydrogen-bond donors (Lipinski definition) is 1. The molecule has 0 aliphatic carbocycles. The zero-order chi connectivity index (χ0) is 61.4. The van der Waals surface area contributed by atoms with Gasteiger partial charge in [-0.15, -0.1) is 0 Å². The second-order valence-electron chi connectivity index (χ2n) is 24.3. The van der Waals surface area contributed by atoms with Crippen LogP contribution in [0.3, 0.4) is 0 Å². The molecule has 484 valence electrons. The molecule has 0 bridgehead atoms. The molecule has 0 aliphatic heterocycles. The lowest BCUT2D eigenvalue weighted by Crippen LogP contribution is -2.47. The minimum atomic E-state index is -4.71. The van der Waals surface area contributed by atoms with E-state index in [9.17, 15) is 19.0 Å². The smallest absolute Gasteiger partial charge is 0.306 e. The second-order valence-corrected chi connectivity index (χ2v) is 25.7. The van der Waals surface area contributed by atoms with Gasteiger partial charge in [0.2, 0.25) is 5.91 Å². The van der Waals surface area contributed by atoms with Crippen LogP contribution in [-0.4, -0.2) is 69.4 Å². The Balaban J connectivity index is 5.14. The molecule has 3 unspecified atom stereocenters. The van der Waals surface area contributed by atoms with Gasteiger partial charge in [0.15, 0.2) is 0 Å². The summed E-state index contributed by atoms with van der Waals surface area (Å²) in [5, 5.41) is 3.03. The number of unbranched alkanes of at least 4 members (excludes halogenated alkanes) is 30. The van der Waals surface area contributed by atoms with Crippen molar-refractivity contribution in [2.24, 2.45) is 0 Å². The molecule has 3 atom stereocenters. The minimum Gasteiger partial charge on any atom is -0.756 e. The van der Waals surface area contributed by atoms with E-state index in [2.05, 4.69) is 123 Å². The van der Waals surface area contributed by atoms with Gasteiger partial charge in [-0.3, -0.25) is 14.2 Å². The van der Waals surface area contributed by atoms with Crippen molar-refractivity contribution in [3.63, 3.8) is 0 Å². The van der Waals surface area contributed by atoms with Crippen molar-refractivity contribution in [1.29, 1.82) is 0 Å². The van der Waals surface area contributed by atoms with Gasteiger partial charge in [0.1, 0.15) is 19.3 Å². The van der Waals surface area contributed by atoms with Crippen molar-refractivity contribution in [2.75, 3.05) is 40.9 Å². The summed E-state index contributed by atoms with van der Waals surface area (Å²) in [7, 11) is 1.17. The molecule has 0 spiro atoms. The summed E-state index contributed by atoms with van der Waals surface area (Å²) in [6, 6.07) is -0.902. The normalized spacial score (nSPS) is 14.2. The third kappa shape index (κ3) is 63.2. The van der Waals surface area contributed by atoms with E-state index in [1.807, 2.05) is 33.3 Å². The number of nitrogens with one attached hydrogen (secondary N) is 1. The molecular weight excluding hydrogens is 1060 g/mol. The molecule has 0 saturated carbocycles. The van der Waals surface area contributed by atoms with Crippen molar-refractivity contribution in [1.82, 2.24) is 5.32 Å². The topological polar surface area (TPSA) is 114 Å². The van der Waals surface area contributed by atoms with E-state index in [1.165, 1.54) is 135 Å². The Labute approximate surface area is 519 Å². The maximum Gasteiger partial charge on any atom is 0.306 e. The molecule has 0 aromatic rings. The fraction of sp³-hybridized carbons (Fsp3) is 0.730. The predicted molar refractivity (Wildman–Crippen MR) is 362 cm³/mol. The molecule has 9 nitrogen and oxygen atoms in total. The molecule has 10 heteroatoms. The van der Waals surface area contributed by atoms with Gasteiger partial charge in [-0.1, -0.05) is 278 Å². The number of hydrogen-bond acceptors (Lipinski definition) is 7. The van der Waals surface area contributed by atoms with Gasteiger partial charge in [-0.25, -0.2) is 0 Å². The highest BCUT2D eigenvalue weighted by Gasteiger charge is 2.27. The predicted octanol–water partition coefficient (Wildman–Crippen LogP) is 21.4. The Bertz CT molecular complexity index is 1810. The number of amides is 1. The van der Waals surface area contributed by atoms with Crippen LogP contribution >= 0.6 is 7.82 Å². The summed E-state index contributed by atoms with van der Waals surface area (Å²) in [4.78, 5) is 40.2. The molecule has 1 amide bonds. The average Bonchev–Trinajstić information content (AvgIpc) is 3.64. The molecule has 0 fully saturated rings. The molecular formula is C74H131N2O7P. The third-order valence-corrected chi connectivity index (χ3v) is 15.9. The number of phosphoric ester groups is 1. The maximum absolute atomic E-state index is 13.6. The van der Waals surface area contributed by atoms with Crippen molar-refractivity contribution in [3.05, 3.63) is 109 Å². The first-order valence-electron chi connectivity index (χ1n) is 34.7. The van der Waals surface area contributed by atoms with Crippen molar-refractivity contribution >= 4 is 19.7 Å². The molecule has 0 rings (SSSR count). The molecule has 0 saturated heterocycles. The number of ether oxygens (including phenoxy) is 1. The number of allylic oxidation sites excluding steroid dienone is 17. The Kier molecular flexibility index (Phi) is 60.2. The molecule has 1 N–H and O–H groups in total. The fourth-order valence-corrected chi connectivity index (χ4v) is 10.3. The molecule has 0 aliphatic rings. The Morgan fingerprint density at radius 2 is 0.762 bits per heavy atom. The first-order valence-corrected chi connectivity index (χ1v) is 36.2. The van der Waals surface area contributed by atoms with Crippen LogP contribution in [0.1, 0.15) is 297 Å². The SMILES string of the molecule is CC/C=C\C/C=C\C/C=C\C/C=C\C/C=C\CCCCCCCCCCCC(=O)OC(/C=C/CCCCCCCCCCCC)C(COP(=O)([O-])OCC[N+](C)(C)C)NC(=O)CCCCCCCCCC/C=C\C/C=C\C/C=C\CCCCC. The van der Waals surface area contributed by atoms with Gasteiger partial charge < -0.3 is 28.5 Å². The fourth-order valence-electron chi connectivity index (χ4n) is 9.62. The highest BCUT2D eigenvalue weighted by atomic mass is 31.2. The quantitative estimate of drug-likeness (QED) is 0.0212. The van der Waals surface area contributed by atoms with Gasteiger partial charge >= 0.3 is 5.97 Å². The lowest BCUT2D eigenvalue weighted by Gasteiger charge is -2.30. The number of esters is 1. The third-order valence-electron chi connectivity index (χ3n) is 14.9. The van der Waals surface area contributed by atoms with Crippen LogP contribution in [0.5, 0.6) is 0 Å². The number of carbonyl (C=O) groups excluding carboxylic acids is 2. The molecule has 0 radical (unpaired) electrons. The van der Waals surface area contributed by atoms with Crippen LogP contribution in [-0.2, 0) is 27.9 Å². The lowest BCUT2D eigenvalue weighted by atomic mass is 10.0. The number of rotatable bonds is 62. The van der Waals surface area contributed by atoms with E-state index in [0.717, 1.165) is 128 Å². The number of phosphoric acid groups is 1. The Hall–Kier alpha value is -3.33. The van der Waals surface area contributed by atoms with E-state index in [0.29, 0.717) is 17.4 Å². The van der Waals surface area contributed by atoms with E-state index in [4.69, 9.17) is 13.8 Å².